The van der Waals surface area contributed by atoms with E-state index in [1.54, 1.807) is 11.3 Å². The van der Waals surface area contributed by atoms with Crippen molar-refractivity contribution in [2.45, 2.75) is 26.2 Å². The number of ether oxygens (including phenoxy) is 2. The third-order valence-electron chi connectivity index (χ3n) is 4.21. The minimum atomic E-state index is -0.467. The van der Waals surface area contributed by atoms with Gasteiger partial charge in [0.15, 0.2) is 11.5 Å². The standard InChI is InChI=1S/C22H25NO3S/c1-2-25-22-13-17(10-11-21(22)26-16-19-9-6-12-27-19)14-23-15-20(24)18-7-4-3-5-8-18/h3-13,20,23-24H,2,14-16H2,1H3/p+1/t20-/m1/s1. The highest BCUT2D eigenvalue weighted by molar-refractivity contribution is 7.09. The Balaban J connectivity index is 1.56. The molecule has 0 aliphatic heterocycles. The first kappa shape index (κ1) is 19.4. The second kappa shape index (κ2) is 10.1. The highest BCUT2D eigenvalue weighted by Crippen LogP contribution is 2.29. The van der Waals surface area contributed by atoms with E-state index in [9.17, 15) is 5.11 Å². The predicted octanol–water partition coefficient (Wildman–Crippen LogP) is 3.52. The van der Waals surface area contributed by atoms with E-state index in [1.165, 1.54) is 4.88 Å². The fraction of sp³-hybridized carbons (Fsp3) is 0.273. The lowest BCUT2D eigenvalue weighted by atomic mass is 10.1. The molecule has 0 fully saturated rings. The molecule has 0 bridgehead atoms. The summed E-state index contributed by atoms with van der Waals surface area (Å²) < 4.78 is 11.7. The number of quaternary nitrogens is 1. The maximum Gasteiger partial charge on any atom is 0.161 e. The quantitative estimate of drug-likeness (QED) is 0.562. The summed E-state index contributed by atoms with van der Waals surface area (Å²) in [5.41, 5.74) is 2.09. The molecule has 0 saturated carbocycles. The molecule has 0 spiro atoms. The van der Waals surface area contributed by atoms with Gasteiger partial charge in [-0.1, -0.05) is 36.4 Å². The topological polar surface area (TPSA) is 55.3 Å². The van der Waals surface area contributed by atoms with Crippen LogP contribution in [0.4, 0.5) is 0 Å². The van der Waals surface area contributed by atoms with E-state index >= 15 is 0 Å². The Labute approximate surface area is 164 Å². The lowest BCUT2D eigenvalue weighted by molar-refractivity contribution is -0.677. The van der Waals surface area contributed by atoms with E-state index in [2.05, 4.69) is 17.4 Å². The summed E-state index contributed by atoms with van der Waals surface area (Å²) in [7, 11) is 0. The first-order valence-electron chi connectivity index (χ1n) is 9.22. The van der Waals surface area contributed by atoms with Crippen LogP contribution in [0.25, 0.3) is 0 Å². The first-order valence-corrected chi connectivity index (χ1v) is 10.1. The zero-order valence-corrected chi connectivity index (χ0v) is 16.3. The Morgan fingerprint density at radius 1 is 1.00 bits per heavy atom. The summed E-state index contributed by atoms with van der Waals surface area (Å²) in [6, 6.07) is 19.9. The van der Waals surface area contributed by atoms with Crippen molar-refractivity contribution >= 4 is 11.3 Å². The Morgan fingerprint density at radius 3 is 2.59 bits per heavy atom. The van der Waals surface area contributed by atoms with Gasteiger partial charge in [0.2, 0.25) is 0 Å². The van der Waals surface area contributed by atoms with Crippen molar-refractivity contribution in [3.8, 4) is 11.5 Å². The van der Waals surface area contributed by atoms with E-state index in [4.69, 9.17) is 9.47 Å². The number of aliphatic hydroxyl groups is 1. The lowest BCUT2D eigenvalue weighted by Gasteiger charge is -2.13. The molecule has 5 heteroatoms. The Hall–Kier alpha value is -2.34. The lowest BCUT2D eigenvalue weighted by Crippen LogP contribution is -2.83. The van der Waals surface area contributed by atoms with Gasteiger partial charge in [-0.3, -0.25) is 0 Å². The van der Waals surface area contributed by atoms with Crippen molar-refractivity contribution in [3.05, 3.63) is 82.0 Å². The van der Waals surface area contributed by atoms with Gasteiger partial charge in [0, 0.05) is 10.4 Å². The minimum absolute atomic E-state index is 0.467. The molecule has 2 aromatic carbocycles. The Morgan fingerprint density at radius 2 is 1.85 bits per heavy atom. The molecule has 1 atom stereocenters. The van der Waals surface area contributed by atoms with Gasteiger partial charge < -0.3 is 19.9 Å². The van der Waals surface area contributed by atoms with Crippen molar-refractivity contribution in [1.82, 2.24) is 0 Å². The van der Waals surface area contributed by atoms with Crippen molar-refractivity contribution < 1.29 is 19.9 Å². The molecule has 0 amide bonds. The van der Waals surface area contributed by atoms with E-state index in [0.29, 0.717) is 19.8 Å². The summed E-state index contributed by atoms with van der Waals surface area (Å²) in [4.78, 5) is 1.18. The molecule has 4 nitrogen and oxygen atoms in total. The van der Waals surface area contributed by atoms with Crippen LogP contribution in [0.3, 0.4) is 0 Å². The molecule has 0 saturated heterocycles. The molecule has 0 unspecified atom stereocenters. The van der Waals surface area contributed by atoms with Crippen molar-refractivity contribution in [1.29, 1.82) is 0 Å². The van der Waals surface area contributed by atoms with Crippen molar-refractivity contribution in [3.63, 3.8) is 0 Å². The monoisotopic (exact) mass is 384 g/mol. The van der Waals surface area contributed by atoms with Crippen molar-refractivity contribution in [2.75, 3.05) is 13.2 Å². The molecule has 27 heavy (non-hydrogen) atoms. The number of nitrogens with two attached hydrogens (primary N) is 1. The molecule has 0 aliphatic rings. The van der Waals surface area contributed by atoms with Crippen molar-refractivity contribution in [2.24, 2.45) is 0 Å². The number of hydrogen-bond acceptors (Lipinski definition) is 4. The maximum absolute atomic E-state index is 10.3. The highest BCUT2D eigenvalue weighted by Gasteiger charge is 2.11. The Bertz CT molecular complexity index is 806. The average molecular weight is 385 g/mol. The summed E-state index contributed by atoms with van der Waals surface area (Å²) in [6.45, 7) is 4.50. The van der Waals surface area contributed by atoms with E-state index in [0.717, 1.165) is 29.2 Å². The fourth-order valence-corrected chi connectivity index (χ4v) is 3.45. The maximum atomic E-state index is 10.3. The number of rotatable bonds is 10. The fourth-order valence-electron chi connectivity index (χ4n) is 2.83. The molecule has 1 heterocycles. The largest absolute Gasteiger partial charge is 0.490 e. The van der Waals surface area contributed by atoms with Crippen LogP contribution >= 0.6 is 11.3 Å². The molecular formula is C22H26NO3S+. The van der Waals surface area contributed by atoms with E-state index < -0.39 is 6.10 Å². The van der Waals surface area contributed by atoms with Crippen LogP contribution in [0.1, 0.15) is 29.0 Å². The summed E-state index contributed by atoms with van der Waals surface area (Å²) >= 11 is 1.68. The molecule has 0 aliphatic carbocycles. The molecule has 3 aromatic rings. The van der Waals surface area contributed by atoms with Gasteiger partial charge in [-0.05, 0) is 42.1 Å². The van der Waals surface area contributed by atoms with Crippen LogP contribution in [0.2, 0.25) is 0 Å². The van der Waals surface area contributed by atoms with Gasteiger partial charge in [0.05, 0.1) is 6.61 Å². The zero-order chi connectivity index (χ0) is 18.9. The number of thiophene rings is 1. The number of hydrogen-bond donors (Lipinski definition) is 2. The van der Waals surface area contributed by atoms with Crippen LogP contribution < -0.4 is 14.8 Å². The van der Waals surface area contributed by atoms with Gasteiger partial charge >= 0.3 is 0 Å². The number of aliphatic hydroxyl groups excluding tert-OH is 1. The molecule has 0 radical (unpaired) electrons. The number of benzene rings is 2. The van der Waals surface area contributed by atoms with Gasteiger partial charge in [-0.25, -0.2) is 0 Å². The predicted molar refractivity (Wildman–Crippen MR) is 108 cm³/mol. The summed E-state index contributed by atoms with van der Waals surface area (Å²) in [6.07, 6.45) is -0.467. The van der Waals surface area contributed by atoms with Gasteiger partial charge in [0.25, 0.3) is 0 Å². The SMILES string of the molecule is CCOc1cc(C[NH2+]C[C@@H](O)c2ccccc2)ccc1OCc1cccs1. The smallest absolute Gasteiger partial charge is 0.161 e. The zero-order valence-electron chi connectivity index (χ0n) is 15.5. The van der Waals surface area contributed by atoms with E-state index in [-0.39, 0.29) is 0 Å². The molecule has 3 rings (SSSR count). The molecule has 1 aromatic heterocycles. The second-order valence-electron chi connectivity index (χ2n) is 6.24. The summed E-state index contributed by atoms with van der Waals surface area (Å²) in [5, 5.41) is 14.4. The van der Waals surface area contributed by atoms with Gasteiger partial charge in [0.1, 0.15) is 25.8 Å². The average Bonchev–Trinajstić information content (AvgIpc) is 3.22. The third-order valence-corrected chi connectivity index (χ3v) is 5.06. The highest BCUT2D eigenvalue weighted by atomic mass is 32.1. The van der Waals surface area contributed by atoms with Crippen LogP contribution in [0.5, 0.6) is 11.5 Å². The first-order chi connectivity index (χ1) is 13.3. The summed E-state index contributed by atoms with van der Waals surface area (Å²) in [5.74, 6) is 1.53. The van der Waals surface area contributed by atoms with E-state index in [1.807, 2.05) is 60.8 Å². The van der Waals surface area contributed by atoms with Crippen LogP contribution in [0, 0.1) is 0 Å². The molecule has 142 valence electrons. The minimum Gasteiger partial charge on any atom is -0.490 e. The van der Waals surface area contributed by atoms with Crippen LogP contribution in [-0.2, 0) is 13.2 Å². The third kappa shape index (κ3) is 5.82. The Kier molecular flexibility index (Phi) is 7.27. The van der Waals surface area contributed by atoms with Crippen LogP contribution in [0.15, 0.2) is 66.0 Å². The normalized spacial score (nSPS) is 11.9. The van der Waals surface area contributed by atoms with Gasteiger partial charge in [-0.2, -0.15) is 0 Å². The molecular weight excluding hydrogens is 358 g/mol. The molecule has 3 N–H and O–H groups in total. The second-order valence-corrected chi connectivity index (χ2v) is 7.27. The van der Waals surface area contributed by atoms with Crippen LogP contribution in [-0.4, -0.2) is 18.3 Å². The van der Waals surface area contributed by atoms with Gasteiger partial charge in [-0.15, -0.1) is 11.3 Å².